The molecule has 5 nitrogen and oxygen atoms in total. The number of carbonyl (C=O) groups is 2. The normalized spacial score (nSPS) is 16.5. The lowest BCUT2D eigenvalue weighted by molar-refractivity contribution is -0.138. The molecule has 0 amide bonds. The first-order chi connectivity index (χ1) is 15.1. The molecule has 152 valence electrons. The van der Waals surface area contributed by atoms with Crippen molar-refractivity contribution in [1.29, 1.82) is 0 Å². The summed E-state index contributed by atoms with van der Waals surface area (Å²) in [7, 11) is 0. The van der Waals surface area contributed by atoms with Crippen molar-refractivity contribution in [3.05, 3.63) is 107 Å². The summed E-state index contributed by atoms with van der Waals surface area (Å²) in [4.78, 5) is 30.4. The highest BCUT2D eigenvalue weighted by atomic mass is 79.9. The summed E-state index contributed by atoms with van der Waals surface area (Å²) in [6, 6.07) is 22.5. The summed E-state index contributed by atoms with van der Waals surface area (Å²) < 4.78 is 12.0. The molecule has 31 heavy (non-hydrogen) atoms. The maximum Gasteiger partial charge on any atom is 0.323 e. The van der Waals surface area contributed by atoms with Crippen LogP contribution in [0.3, 0.4) is 0 Å². The second kappa shape index (κ2) is 7.96. The van der Waals surface area contributed by atoms with E-state index in [1.165, 1.54) is 12.5 Å². The van der Waals surface area contributed by atoms with Crippen molar-refractivity contribution in [3.63, 3.8) is 0 Å². The zero-order valence-corrected chi connectivity index (χ0v) is 17.8. The van der Waals surface area contributed by atoms with E-state index in [0.29, 0.717) is 11.5 Å². The second-order valence-corrected chi connectivity index (χ2v) is 8.15. The van der Waals surface area contributed by atoms with Crippen LogP contribution in [0.15, 0.2) is 94.1 Å². The predicted molar refractivity (Wildman–Crippen MR) is 118 cm³/mol. The minimum absolute atomic E-state index is 0.283. The molecule has 1 aromatic heterocycles. The van der Waals surface area contributed by atoms with Crippen molar-refractivity contribution in [1.82, 2.24) is 4.98 Å². The first-order valence-corrected chi connectivity index (χ1v) is 10.5. The molecule has 0 radical (unpaired) electrons. The molecule has 2 unspecified atom stereocenters. The van der Waals surface area contributed by atoms with Gasteiger partial charge in [0.2, 0.25) is 5.89 Å². The van der Waals surface area contributed by atoms with Gasteiger partial charge in [0.05, 0.1) is 17.7 Å². The van der Waals surface area contributed by atoms with Crippen molar-refractivity contribution < 1.29 is 18.7 Å². The number of benzene rings is 3. The second-order valence-electron chi connectivity index (χ2n) is 7.24. The van der Waals surface area contributed by atoms with Gasteiger partial charge < -0.3 is 9.15 Å². The summed E-state index contributed by atoms with van der Waals surface area (Å²) in [5, 5.41) is 0. The third kappa shape index (κ3) is 3.59. The maximum absolute atomic E-state index is 13.3. The number of fused-ring (bicyclic) bond motifs is 1. The molecule has 0 spiro atoms. The zero-order valence-electron chi connectivity index (χ0n) is 16.2. The Kier molecular flexibility index (Phi) is 5.00. The SMILES string of the molecule is O=C1Oc2ccccc2C(=O)C1C(c1ccc(-c2ccc(Br)cc2)cc1)c1ncco1. The minimum atomic E-state index is -1.08. The number of hydrogen-bond acceptors (Lipinski definition) is 5. The molecular formula is C25H16BrNO4. The van der Waals surface area contributed by atoms with E-state index in [2.05, 4.69) is 20.9 Å². The van der Waals surface area contributed by atoms with E-state index in [0.717, 1.165) is 21.2 Å². The van der Waals surface area contributed by atoms with Crippen LogP contribution in [0.1, 0.15) is 27.7 Å². The van der Waals surface area contributed by atoms with Crippen LogP contribution in [0.4, 0.5) is 0 Å². The lowest BCUT2D eigenvalue weighted by atomic mass is 9.79. The van der Waals surface area contributed by atoms with Crippen molar-refractivity contribution in [3.8, 4) is 16.9 Å². The van der Waals surface area contributed by atoms with E-state index in [1.54, 1.807) is 24.3 Å². The van der Waals surface area contributed by atoms with Crippen LogP contribution in [0, 0.1) is 5.92 Å². The summed E-state index contributed by atoms with van der Waals surface area (Å²) in [5.74, 6) is -2.10. The van der Waals surface area contributed by atoms with E-state index in [9.17, 15) is 9.59 Å². The van der Waals surface area contributed by atoms with Gasteiger partial charge in [-0.25, -0.2) is 4.98 Å². The molecule has 0 N–H and O–H groups in total. The standard InChI is InChI=1S/C25H16BrNO4/c26-18-11-9-16(10-12-18)15-5-7-17(8-6-15)21(24-27-13-14-30-24)22-23(28)19-3-1-2-4-20(19)31-25(22)29/h1-14,21-22H. The Morgan fingerprint density at radius 2 is 1.55 bits per heavy atom. The zero-order chi connectivity index (χ0) is 21.4. The molecular weight excluding hydrogens is 458 g/mol. The van der Waals surface area contributed by atoms with Crippen molar-refractivity contribution in [2.24, 2.45) is 5.92 Å². The average molecular weight is 474 g/mol. The summed E-state index contributed by atoms with van der Waals surface area (Å²) >= 11 is 3.44. The fraction of sp³-hybridized carbons (Fsp3) is 0.0800. The number of oxazole rings is 1. The molecule has 1 aliphatic heterocycles. The summed E-state index contributed by atoms with van der Waals surface area (Å²) in [6.07, 6.45) is 2.94. The van der Waals surface area contributed by atoms with Crippen LogP contribution in [-0.2, 0) is 4.79 Å². The molecule has 0 aliphatic carbocycles. The largest absolute Gasteiger partial charge is 0.448 e. The highest BCUT2D eigenvalue weighted by Gasteiger charge is 2.45. The summed E-state index contributed by atoms with van der Waals surface area (Å²) in [5.41, 5.74) is 3.21. The Morgan fingerprint density at radius 3 is 2.23 bits per heavy atom. The molecule has 6 heteroatoms. The van der Waals surface area contributed by atoms with Crippen molar-refractivity contribution in [2.45, 2.75) is 5.92 Å². The Hall–Kier alpha value is -3.51. The van der Waals surface area contributed by atoms with Crippen LogP contribution in [-0.4, -0.2) is 16.7 Å². The molecule has 0 bridgehead atoms. The molecule has 2 heterocycles. The Bertz CT molecular complexity index is 1250. The maximum atomic E-state index is 13.3. The number of rotatable bonds is 4. The number of halogens is 1. The van der Waals surface area contributed by atoms with Gasteiger partial charge in [0, 0.05) is 4.47 Å². The van der Waals surface area contributed by atoms with Crippen LogP contribution in [0.2, 0.25) is 0 Å². The van der Waals surface area contributed by atoms with E-state index in [1.807, 2.05) is 48.5 Å². The van der Waals surface area contributed by atoms with Crippen LogP contribution in [0.25, 0.3) is 11.1 Å². The Balaban J connectivity index is 1.56. The predicted octanol–water partition coefficient (Wildman–Crippen LogP) is 5.65. The number of nitrogens with zero attached hydrogens (tertiary/aromatic N) is 1. The Labute approximate surface area is 186 Å². The Morgan fingerprint density at radius 1 is 0.871 bits per heavy atom. The van der Waals surface area contributed by atoms with E-state index in [4.69, 9.17) is 9.15 Å². The average Bonchev–Trinajstić information content (AvgIpc) is 3.32. The van der Waals surface area contributed by atoms with Gasteiger partial charge in [-0.15, -0.1) is 0 Å². The van der Waals surface area contributed by atoms with Gasteiger partial charge >= 0.3 is 5.97 Å². The number of esters is 1. The van der Waals surface area contributed by atoms with Gasteiger partial charge in [-0.3, -0.25) is 9.59 Å². The molecule has 0 saturated carbocycles. The number of Topliss-reactive ketones (excluding diaryl/α,β-unsaturated/α-hetero) is 1. The number of para-hydroxylation sites is 1. The summed E-state index contributed by atoms with van der Waals surface area (Å²) in [6.45, 7) is 0. The number of aromatic nitrogens is 1. The molecule has 3 aromatic carbocycles. The smallest absolute Gasteiger partial charge is 0.323 e. The third-order valence-corrected chi connectivity index (χ3v) is 5.93. The first kappa shape index (κ1) is 19.5. The van der Waals surface area contributed by atoms with E-state index < -0.39 is 17.8 Å². The van der Waals surface area contributed by atoms with Crippen molar-refractivity contribution >= 4 is 27.7 Å². The molecule has 4 aromatic rings. The number of ketones is 1. The van der Waals surface area contributed by atoms with Gasteiger partial charge in [0.15, 0.2) is 5.78 Å². The molecule has 0 fully saturated rings. The monoisotopic (exact) mass is 473 g/mol. The fourth-order valence-corrected chi connectivity index (χ4v) is 4.15. The quantitative estimate of drug-likeness (QED) is 0.217. The molecule has 5 rings (SSSR count). The van der Waals surface area contributed by atoms with Crippen LogP contribution in [0.5, 0.6) is 5.75 Å². The van der Waals surface area contributed by atoms with E-state index in [-0.39, 0.29) is 11.5 Å². The topological polar surface area (TPSA) is 69.4 Å². The van der Waals surface area contributed by atoms with Gasteiger partial charge in [-0.1, -0.05) is 64.5 Å². The number of carbonyl (C=O) groups excluding carboxylic acids is 2. The third-order valence-electron chi connectivity index (χ3n) is 5.40. The van der Waals surface area contributed by atoms with Gasteiger partial charge in [-0.05, 0) is 41.0 Å². The van der Waals surface area contributed by atoms with Crippen LogP contribution >= 0.6 is 15.9 Å². The van der Waals surface area contributed by atoms with Gasteiger partial charge in [-0.2, -0.15) is 0 Å². The van der Waals surface area contributed by atoms with Gasteiger partial charge in [0.25, 0.3) is 0 Å². The molecule has 1 aliphatic rings. The van der Waals surface area contributed by atoms with Gasteiger partial charge in [0.1, 0.15) is 17.9 Å². The lowest BCUT2D eigenvalue weighted by Crippen LogP contribution is -2.38. The fourth-order valence-electron chi connectivity index (χ4n) is 3.88. The number of hydrogen-bond donors (Lipinski definition) is 0. The number of ether oxygens (including phenoxy) is 1. The molecule has 0 saturated heterocycles. The minimum Gasteiger partial charge on any atom is -0.448 e. The van der Waals surface area contributed by atoms with Crippen molar-refractivity contribution in [2.75, 3.05) is 0 Å². The highest BCUT2D eigenvalue weighted by Crippen LogP contribution is 2.39. The highest BCUT2D eigenvalue weighted by molar-refractivity contribution is 9.10. The van der Waals surface area contributed by atoms with Crippen LogP contribution < -0.4 is 4.74 Å². The molecule has 2 atom stereocenters. The first-order valence-electron chi connectivity index (χ1n) is 9.72. The lowest BCUT2D eigenvalue weighted by Gasteiger charge is -2.27. The van der Waals surface area contributed by atoms with E-state index >= 15 is 0 Å².